The van der Waals surface area contributed by atoms with Gasteiger partial charge < -0.3 is 5.73 Å². The number of hydrogen-bond donors (Lipinski definition) is 1. The van der Waals surface area contributed by atoms with Crippen LogP contribution in [0.5, 0.6) is 0 Å². The van der Waals surface area contributed by atoms with E-state index in [4.69, 9.17) is 5.73 Å². The van der Waals surface area contributed by atoms with Crippen LogP contribution in [0.2, 0.25) is 0 Å². The van der Waals surface area contributed by atoms with Crippen LogP contribution in [0.1, 0.15) is 13.8 Å². The highest BCUT2D eigenvalue weighted by atomic mass is 16.2. The molecule has 0 spiro atoms. The summed E-state index contributed by atoms with van der Waals surface area (Å²) < 4.78 is 0. The molecular formula is C14H16N2O2. The van der Waals surface area contributed by atoms with Gasteiger partial charge in [0.25, 0.3) is 11.8 Å². The third-order valence-corrected chi connectivity index (χ3v) is 2.26. The van der Waals surface area contributed by atoms with Crippen LogP contribution in [0.4, 0.5) is 11.4 Å². The van der Waals surface area contributed by atoms with Crippen molar-refractivity contribution in [1.29, 1.82) is 0 Å². The Kier molecular flexibility index (Phi) is 4.05. The number of carbonyl (C=O) groups is 2. The lowest BCUT2D eigenvalue weighted by molar-refractivity contribution is -0.122. The molecular weight excluding hydrogens is 228 g/mol. The van der Waals surface area contributed by atoms with E-state index >= 15 is 0 Å². The monoisotopic (exact) mass is 244 g/mol. The van der Waals surface area contributed by atoms with E-state index in [1.807, 2.05) is 0 Å². The van der Waals surface area contributed by atoms with E-state index in [1.165, 1.54) is 0 Å². The van der Waals surface area contributed by atoms with E-state index in [1.54, 1.807) is 38.1 Å². The zero-order valence-corrected chi connectivity index (χ0v) is 10.6. The first-order chi connectivity index (χ1) is 8.34. The van der Waals surface area contributed by atoms with Crippen LogP contribution in [-0.4, -0.2) is 11.8 Å². The lowest BCUT2D eigenvalue weighted by atomic mass is 10.2. The molecule has 18 heavy (non-hydrogen) atoms. The lowest BCUT2D eigenvalue weighted by Gasteiger charge is -2.21. The first-order valence-electron chi connectivity index (χ1n) is 5.40. The van der Waals surface area contributed by atoms with E-state index in [9.17, 15) is 9.59 Å². The number of nitrogens with zero attached hydrogens (tertiary/aromatic N) is 1. The van der Waals surface area contributed by atoms with Gasteiger partial charge in [0.15, 0.2) is 0 Å². The van der Waals surface area contributed by atoms with Gasteiger partial charge in [-0.1, -0.05) is 19.2 Å². The zero-order chi connectivity index (χ0) is 13.9. The number of benzene rings is 1. The van der Waals surface area contributed by atoms with Gasteiger partial charge in [-0.2, -0.15) is 0 Å². The largest absolute Gasteiger partial charge is 0.399 e. The second-order valence-electron chi connectivity index (χ2n) is 4.10. The van der Waals surface area contributed by atoms with E-state index in [0.29, 0.717) is 11.4 Å². The van der Waals surface area contributed by atoms with Crippen molar-refractivity contribution in [2.75, 3.05) is 10.6 Å². The van der Waals surface area contributed by atoms with Crippen molar-refractivity contribution in [3.63, 3.8) is 0 Å². The molecule has 0 aromatic heterocycles. The number of nitrogens with two attached hydrogens (primary N) is 1. The molecule has 4 heteroatoms. The minimum absolute atomic E-state index is 0.270. The van der Waals surface area contributed by atoms with Crippen LogP contribution >= 0.6 is 0 Å². The van der Waals surface area contributed by atoms with Crippen molar-refractivity contribution in [2.24, 2.45) is 0 Å². The maximum atomic E-state index is 12.0. The minimum atomic E-state index is -0.464. The Morgan fingerprint density at radius 1 is 1.11 bits per heavy atom. The molecule has 0 aliphatic rings. The molecule has 94 valence electrons. The summed E-state index contributed by atoms with van der Waals surface area (Å²) in [6, 6.07) is 6.55. The number of hydrogen-bond acceptors (Lipinski definition) is 3. The van der Waals surface area contributed by atoms with Gasteiger partial charge in [-0.15, -0.1) is 0 Å². The smallest absolute Gasteiger partial charge is 0.260 e. The molecule has 2 amide bonds. The number of imide groups is 1. The molecule has 0 fully saturated rings. The molecule has 0 bridgehead atoms. The fourth-order valence-corrected chi connectivity index (χ4v) is 1.37. The van der Waals surface area contributed by atoms with Crippen LogP contribution in [-0.2, 0) is 9.59 Å². The number of carbonyl (C=O) groups excluding carboxylic acids is 2. The summed E-state index contributed by atoms with van der Waals surface area (Å²) in [6.07, 6.45) is 0. The molecule has 1 aromatic rings. The Morgan fingerprint density at radius 3 is 2.00 bits per heavy atom. The van der Waals surface area contributed by atoms with Crippen LogP contribution in [0.3, 0.4) is 0 Å². The van der Waals surface area contributed by atoms with E-state index in [2.05, 4.69) is 13.2 Å². The molecule has 0 unspecified atom stereocenters. The van der Waals surface area contributed by atoms with E-state index in [-0.39, 0.29) is 11.1 Å². The third-order valence-electron chi connectivity index (χ3n) is 2.26. The topological polar surface area (TPSA) is 63.4 Å². The second-order valence-corrected chi connectivity index (χ2v) is 4.10. The van der Waals surface area contributed by atoms with Crippen molar-refractivity contribution in [1.82, 2.24) is 0 Å². The molecule has 1 rings (SSSR count). The number of anilines is 2. The van der Waals surface area contributed by atoms with Crippen molar-refractivity contribution in [3.05, 3.63) is 48.6 Å². The van der Waals surface area contributed by atoms with Crippen molar-refractivity contribution < 1.29 is 9.59 Å². The van der Waals surface area contributed by atoms with Crippen molar-refractivity contribution in [3.8, 4) is 0 Å². The highest BCUT2D eigenvalue weighted by Gasteiger charge is 2.24. The van der Waals surface area contributed by atoms with Gasteiger partial charge in [-0.25, -0.2) is 4.90 Å². The average molecular weight is 244 g/mol. The van der Waals surface area contributed by atoms with Crippen LogP contribution in [0.25, 0.3) is 0 Å². The summed E-state index contributed by atoms with van der Waals surface area (Å²) in [5.74, 6) is -0.929. The summed E-state index contributed by atoms with van der Waals surface area (Å²) in [7, 11) is 0. The maximum absolute atomic E-state index is 12.0. The molecule has 0 aliphatic carbocycles. The molecule has 0 saturated heterocycles. The summed E-state index contributed by atoms with van der Waals surface area (Å²) >= 11 is 0. The molecule has 0 saturated carbocycles. The zero-order valence-electron chi connectivity index (χ0n) is 10.6. The Labute approximate surface area is 106 Å². The van der Waals surface area contributed by atoms with Crippen molar-refractivity contribution >= 4 is 23.2 Å². The standard InChI is InChI=1S/C14H16N2O2/c1-9(2)13(17)16(14(18)10(3)4)12-7-5-6-11(15)8-12/h5-8H,1,3,15H2,2,4H3. The second kappa shape index (κ2) is 5.31. The summed E-state index contributed by atoms with van der Waals surface area (Å²) in [5, 5.41) is 0. The molecule has 4 nitrogen and oxygen atoms in total. The first-order valence-corrected chi connectivity index (χ1v) is 5.40. The third kappa shape index (κ3) is 2.85. The Hall–Kier alpha value is -2.36. The van der Waals surface area contributed by atoms with Gasteiger partial charge in [-0.05, 0) is 32.0 Å². The fourth-order valence-electron chi connectivity index (χ4n) is 1.37. The summed E-state index contributed by atoms with van der Waals surface area (Å²) in [6.45, 7) is 10.2. The van der Waals surface area contributed by atoms with Crippen LogP contribution in [0.15, 0.2) is 48.6 Å². The summed E-state index contributed by atoms with van der Waals surface area (Å²) in [5.41, 5.74) is 7.08. The van der Waals surface area contributed by atoms with E-state index in [0.717, 1.165) is 4.90 Å². The normalized spacial score (nSPS) is 9.67. The quantitative estimate of drug-likeness (QED) is 0.655. The molecule has 0 aliphatic heterocycles. The van der Waals surface area contributed by atoms with Gasteiger partial charge in [0.1, 0.15) is 0 Å². The van der Waals surface area contributed by atoms with Gasteiger partial charge >= 0.3 is 0 Å². The predicted octanol–water partition coefficient (Wildman–Crippen LogP) is 2.28. The van der Waals surface area contributed by atoms with Gasteiger partial charge in [0, 0.05) is 16.8 Å². The number of rotatable bonds is 3. The average Bonchev–Trinajstić information content (AvgIpc) is 2.28. The van der Waals surface area contributed by atoms with Gasteiger partial charge in [-0.3, -0.25) is 9.59 Å². The minimum Gasteiger partial charge on any atom is -0.399 e. The summed E-state index contributed by atoms with van der Waals surface area (Å²) in [4.78, 5) is 25.1. The lowest BCUT2D eigenvalue weighted by Crippen LogP contribution is -2.37. The van der Waals surface area contributed by atoms with Crippen LogP contribution < -0.4 is 10.6 Å². The highest BCUT2D eigenvalue weighted by molar-refractivity contribution is 6.24. The predicted molar refractivity (Wildman–Crippen MR) is 73.0 cm³/mol. The molecule has 2 N–H and O–H groups in total. The van der Waals surface area contributed by atoms with Gasteiger partial charge in [0.05, 0.1) is 5.69 Å². The highest BCUT2D eigenvalue weighted by Crippen LogP contribution is 2.21. The Balaban J connectivity index is 3.29. The molecule has 1 aromatic carbocycles. The SMILES string of the molecule is C=C(C)C(=O)N(C(=O)C(=C)C)c1cccc(N)c1. The van der Waals surface area contributed by atoms with Crippen LogP contribution in [0, 0.1) is 0 Å². The fraction of sp³-hybridized carbons (Fsp3) is 0.143. The van der Waals surface area contributed by atoms with Crippen molar-refractivity contribution in [2.45, 2.75) is 13.8 Å². The number of amides is 2. The molecule has 0 atom stereocenters. The Morgan fingerprint density at radius 2 is 1.61 bits per heavy atom. The van der Waals surface area contributed by atoms with Gasteiger partial charge in [0.2, 0.25) is 0 Å². The van der Waals surface area contributed by atoms with E-state index < -0.39 is 11.8 Å². The molecule has 0 heterocycles. The number of nitrogen functional groups attached to an aromatic ring is 1. The maximum Gasteiger partial charge on any atom is 0.260 e. The Bertz CT molecular complexity index is 506. The first kappa shape index (κ1) is 13.7. The molecule has 0 radical (unpaired) electrons.